The van der Waals surface area contributed by atoms with Crippen molar-refractivity contribution in [1.82, 2.24) is 14.7 Å². The molecule has 40 heavy (non-hydrogen) atoms. The lowest BCUT2D eigenvalue weighted by molar-refractivity contribution is 0.0866. The van der Waals surface area contributed by atoms with Crippen LogP contribution >= 0.6 is 23.2 Å². The maximum Gasteiger partial charge on any atom is 0.267 e. The molecule has 3 aromatic rings. The zero-order valence-corrected chi connectivity index (χ0v) is 23.8. The molecule has 10 heteroatoms. The Morgan fingerprint density at radius 1 is 1.15 bits per heavy atom. The molecule has 0 saturated heterocycles. The van der Waals surface area contributed by atoms with Crippen LogP contribution < -0.4 is 10.2 Å². The Bertz CT molecular complexity index is 1570. The van der Waals surface area contributed by atoms with Crippen LogP contribution in [0.4, 0.5) is 17.3 Å². The highest BCUT2D eigenvalue weighted by Gasteiger charge is 2.49. The molecule has 1 amide bonds. The lowest BCUT2D eigenvalue weighted by atomic mass is 10.1. The van der Waals surface area contributed by atoms with Crippen LogP contribution in [0, 0.1) is 0 Å². The third-order valence-corrected chi connectivity index (χ3v) is 7.85. The fraction of sp³-hybridized carbons (Fsp3) is 0.267. The molecule has 0 radical (unpaired) electrons. The summed E-state index contributed by atoms with van der Waals surface area (Å²) < 4.78 is 1.89. The second-order valence-corrected chi connectivity index (χ2v) is 11.1. The normalized spacial score (nSPS) is 20.3. The second-order valence-electron chi connectivity index (χ2n) is 10.2. The fourth-order valence-corrected chi connectivity index (χ4v) is 6.03. The number of aliphatic imine (C=N–C) groups is 2. The quantitative estimate of drug-likeness (QED) is 0.199. The summed E-state index contributed by atoms with van der Waals surface area (Å²) in [5.41, 5.74) is 4.17. The number of para-hydroxylation sites is 1. The van der Waals surface area contributed by atoms with Crippen LogP contribution in [0.2, 0.25) is 0 Å². The molecule has 1 aromatic heterocycles. The number of halogens is 2. The van der Waals surface area contributed by atoms with E-state index in [-0.39, 0.29) is 23.1 Å². The lowest BCUT2D eigenvalue weighted by Gasteiger charge is -2.34. The minimum atomic E-state index is -0.110. The molecule has 2 atom stereocenters. The largest absolute Gasteiger partial charge is 0.340 e. The van der Waals surface area contributed by atoms with E-state index >= 15 is 0 Å². The number of carbonyl (C=O) groups is 1. The van der Waals surface area contributed by atoms with Gasteiger partial charge in [-0.2, -0.15) is 5.10 Å². The molecule has 2 aromatic carbocycles. The Hall–Kier alpha value is -3.88. The molecule has 2 aliphatic heterocycles. The van der Waals surface area contributed by atoms with E-state index in [1.54, 1.807) is 11.9 Å². The number of amides is 1. The summed E-state index contributed by atoms with van der Waals surface area (Å²) in [6.07, 6.45) is 4.70. The average Bonchev–Trinajstić information content (AvgIpc) is 3.62. The molecular formula is C30H29Cl2N7O. The van der Waals surface area contributed by atoms with Crippen LogP contribution in [-0.4, -0.2) is 51.4 Å². The van der Waals surface area contributed by atoms with E-state index in [1.165, 1.54) is 6.08 Å². The molecule has 0 unspecified atom stereocenters. The SMILES string of the molecule is C=C(Cl)/C=C(Cl)\N=C(/C)c1ccc(Cn2nc3c(c2Nc2ccccc2)C(=O)N(C)C2=N[C@@H]4CCC[C@@H]4N23)cc1. The van der Waals surface area contributed by atoms with Crippen molar-refractivity contribution in [2.24, 2.45) is 9.98 Å². The number of anilines is 3. The topological polar surface area (TPSA) is 78.1 Å². The van der Waals surface area contributed by atoms with Gasteiger partial charge in [-0.05, 0) is 55.5 Å². The van der Waals surface area contributed by atoms with Gasteiger partial charge in [0.2, 0.25) is 5.96 Å². The standard InChI is InChI=1S/C30H29Cl2N7O/c1-18(31)16-25(32)33-19(2)21-14-12-20(13-15-21)17-38-27(34-22-8-5-4-6-9-22)26-28(36-38)39-24-11-7-10-23(24)35-30(39)37(3)29(26)40/h4-6,8-9,12-16,23-24,34H,1,7,10-11,17H2,2-3H3/b25-16-,33-19+/t23-,24+/m1/s1. The van der Waals surface area contributed by atoms with Gasteiger partial charge in [0, 0.05) is 23.5 Å². The first kappa shape index (κ1) is 26.3. The van der Waals surface area contributed by atoms with Crippen molar-refractivity contribution in [3.05, 3.63) is 94.1 Å². The van der Waals surface area contributed by atoms with Crippen molar-refractivity contribution >= 4 is 58.1 Å². The summed E-state index contributed by atoms with van der Waals surface area (Å²) >= 11 is 12.0. The average molecular weight is 575 g/mol. The molecule has 204 valence electrons. The highest BCUT2D eigenvalue weighted by Crippen LogP contribution is 2.43. The van der Waals surface area contributed by atoms with Crippen LogP contribution in [0.1, 0.15) is 47.7 Å². The van der Waals surface area contributed by atoms with Crippen molar-refractivity contribution in [3.63, 3.8) is 0 Å². The van der Waals surface area contributed by atoms with Crippen molar-refractivity contribution in [1.29, 1.82) is 0 Å². The number of hydrogen-bond acceptors (Lipinski definition) is 6. The Kier molecular flexibility index (Phi) is 6.98. The summed E-state index contributed by atoms with van der Waals surface area (Å²) in [6, 6.07) is 18.3. The highest BCUT2D eigenvalue weighted by atomic mass is 35.5. The summed E-state index contributed by atoms with van der Waals surface area (Å²) in [6.45, 7) is 5.97. The molecule has 0 bridgehead atoms. The van der Waals surface area contributed by atoms with Gasteiger partial charge in [-0.3, -0.25) is 14.6 Å². The van der Waals surface area contributed by atoms with Gasteiger partial charge in [-0.15, -0.1) is 0 Å². The van der Waals surface area contributed by atoms with E-state index in [0.29, 0.717) is 34.7 Å². The summed E-state index contributed by atoms with van der Waals surface area (Å²) in [5.74, 6) is 1.93. The Balaban J connectivity index is 1.37. The number of allylic oxidation sites excluding steroid dienone is 2. The van der Waals surface area contributed by atoms with E-state index in [1.807, 2.05) is 66.2 Å². The first-order valence-corrected chi connectivity index (χ1v) is 14.0. The number of fused-ring (bicyclic) bond motifs is 5. The van der Waals surface area contributed by atoms with E-state index in [2.05, 4.69) is 21.8 Å². The van der Waals surface area contributed by atoms with Gasteiger partial charge >= 0.3 is 0 Å². The van der Waals surface area contributed by atoms with Gasteiger partial charge in [0.25, 0.3) is 5.91 Å². The van der Waals surface area contributed by atoms with Gasteiger partial charge in [0.15, 0.2) is 5.82 Å². The van der Waals surface area contributed by atoms with Crippen molar-refractivity contribution in [2.75, 3.05) is 17.3 Å². The molecule has 6 rings (SSSR count). The maximum absolute atomic E-state index is 13.7. The van der Waals surface area contributed by atoms with Crippen LogP contribution in [0.15, 0.2) is 87.4 Å². The van der Waals surface area contributed by atoms with E-state index in [4.69, 9.17) is 33.3 Å². The molecule has 1 saturated carbocycles. The fourth-order valence-electron chi connectivity index (χ4n) is 5.62. The third kappa shape index (κ3) is 4.82. The molecular weight excluding hydrogens is 545 g/mol. The van der Waals surface area contributed by atoms with Crippen LogP contribution in [0.5, 0.6) is 0 Å². The Morgan fingerprint density at radius 2 is 1.90 bits per heavy atom. The molecule has 3 heterocycles. The molecule has 0 spiro atoms. The molecule has 8 nitrogen and oxygen atoms in total. The van der Waals surface area contributed by atoms with Crippen molar-refractivity contribution in [3.8, 4) is 0 Å². The Morgan fingerprint density at radius 3 is 2.62 bits per heavy atom. The Labute approximate surface area is 243 Å². The lowest BCUT2D eigenvalue weighted by Crippen LogP contribution is -2.51. The number of benzene rings is 2. The number of nitrogens with one attached hydrogen (secondary N) is 1. The number of rotatable bonds is 7. The second kappa shape index (κ2) is 10.6. The third-order valence-electron chi connectivity index (χ3n) is 7.54. The molecule has 1 N–H and O–H groups in total. The molecule has 1 aliphatic carbocycles. The zero-order chi connectivity index (χ0) is 28.0. The van der Waals surface area contributed by atoms with Crippen molar-refractivity contribution < 1.29 is 4.79 Å². The minimum absolute atomic E-state index is 0.110. The van der Waals surface area contributed by atoms with Gasteiger partial charge in [-0.25, -0.2) is 14.7 Å². The summed E-state index contributed by atoms with van der Waals surface area (Å²) in [7, 11) is 1.80. The number of guanidine groups is 1. The number of nitrogens with zero attached hydrogens (tertiary/aromatic N) is 6. The summed E-state index contributed by atoms with van der Waals surface area (Å²) in [4.78, 5) is 26.9. The molecule has 3 aliphatic rings. The van der Waals surface area contributed by atoms with Crippen molar-refractivity contribution in [2.45, 2.75) is 44.8 Å². The number of carbonyl (C=O) groups excluding carboxylic acids is 1. The van der Waals surface area contributed by atoms with E-state index < -0.39 is 0 Å². The predicted octanol–water partition coefficient (Wildman–Crippen LogP) is 6.50. The maximum atomic E-state index is 13.7. The van der Waals surface area contributed by atoms with Gasteiger partial charge in [0.05, 0.1) is 18.6 Å². The monoisotopic (exact) mass is 573 g/mol. The van der Waals surface area contributed by atoms with Crippen LogP contribution in [-0.2, 0) is 6.54 Å². The number of hydrogen-bond donors (Lipinski definition) is 1. The predicted molar refractivity (Wildman–Crippen MR) is 162 cm³/mol. The smallest absolute Gasteiger partial charge is 0.267 e. The van der Waals surface area contributed by atoms with E-state index in [0.717, 1.165) is 41.8 Å². The first-order chi connectivity index (χ1) is 19.3. The van der Waals surface area contributed by atoms with Gasteiger partial charge in [-0.1, -0.05) is 72.2 Å². The van der Waals surface area contributed by atoms with Crippen LogP contribution in [0.3, 0.4) is 0 Å². The van der Waals surface area contributed by atoms with Gasteiger partial charge in [0.1, 0.15) is 16.5 Å². The minimum Gasteiger partial charge on any atom is -0.340 e. The summed E-state index contributed by atoms with van der Waals surface area (Å²) in [5, 5.41) is 9.11. The highest BCUT2D eigenvalue weighted by molar-refractivity contribution is 6.34. The molecule has 1 fully saturated rings. The van der Waals surface area contributed by atoms with Crippen LogP contribution in [0.25, 0.3) is 0 Å². The van der Waals surface area contributed by atoms with Gasteiger partial charge < -0.3 is 5.32 Å². The van der Waals surface area contributed by atoms with E-state index in [9.17, 15) is 4.79 Å². The number of aromatic nitrogens is 2. The zero-order valence-electron chi connectivity index (χ0n) is 22.3. The first-order valence-electron chi connectivity index (χ1n) is 13.2.